The molecule has 3 aromatic rings. The van der Waals surface area contributed by atoms with E-state index < -0.39 is 22.0 Å². The third-order valence-electron chi connectivity index (χ3n) is 4.81. The van der Waals surface area contributed by atoms with Crippen molar-refractivity contribution in [3.63, 3.8) is 0 Å². The lowest BCUT2D eigenvalue weighted by molar-refractivity contribution is -0.120. The van der Waals surface area contributed by atoms with Crippen LogP contribution in [0.4, 0.5) is 6.01 Å². The highest BCUT2D eigenvalue weighted by molar-refractivity contribution is 7.91. The summed E-state index contributed by atoms with van der Waals surface area (Å²) in [6.07, 6.45) is 1.88. The maximum absolute atomic E-state index is 13.0. The Hall–Kier alpha value is -2.76. The molecule has 3 heterocycles. The Balaban J connectivity index is 1.54. The van der Waals surface area contributed by atoms with E-state index in [2.05, 4.69) is 15.5 Å². The van der Waals surface area contributed by atoms with E-state index in [1.807, 2.05) is 6.07 Å². The summed E-state index contributed by atoms with van der Waals surface area (Å²) in [4.78, 5) is 12.9. The fourth-order valence-electron chi connectivity index (χ4n) is 3.37. The van der Waals surface area contributed by atoms with Gasteiger partial charge in [0, 0.05) is 6.54 Å². The van der Waals surface area contributed by atoms with Gasteiger partial charge in [-0.3, -0.25) is 10.1 Å². The number of nitrogens with one attached hydrogen (secondary N) is 1. The number of aromatic nitrogens is 2. The number of piperidine rings is 1. The fourth-order valence-corrected chi connectivity index (χ4v) is 6.15. The van der Waals surface area contributed by atoms with Crippen LogP contribution in [-0.2, 0) is 14.8 Å². The van der Waals surface area contributed by atoms with Crippen molar-refractivity contribution in [2.45, 2.75) is 29.5 Å². The molecule has 0 unspecified atom stereocenters. The van der Waals surface area contributed by atoms with E-state index in [1.165, 1.54) is 11.4 Å². The lowest BCUT2D eigenvalue weighted by atomic mass is 10.0. The lowest BCUT2D eigenvalue weighted by Gasteiger charge is -2.32. The number of methoxy groups -OCH3 is 1. The van der Waals surface area contributed by atoms with E-state index >= 15 is 0 Å². The van der Waals surface area contributed by atoms with Gasteiger partial charge in [-0.1, -0.05) is 29.7 Å². The molecule has 9 nitrogen and oxygen atoms in total. The summed E-state index contributed by atoms with van der Waals surface area (Å²) >= 11 is 1.13. The molecule has 0 radical (unpaired) electrons. The number of carbonyl (C=O) groups excluding carboxylic acids is 1. The zero-order chi connectivity index (χ0) is 21.1. The molecule has 0 saturated carbocycles. The zero-order valence-corrected chi connectivity index (χ0v) is 17.8. The van der Waals surface area contributed by atoms with Crippen molar-refractivity contribution in [1.82, 2.24) is 14.5 Å². The molecule has 158 valence electrons. The van der Waals surface area contributed by atoms with Crippen LogP contribution in [-0.4, -0.2) is 48.5 Å². The van der Waals surface area contributed by atoms with Gasteiger partial charge in [-0.2, -0.15) is 4.31 Å². The van der Waals surface area contributed by atoms with Gasteiger partial charge in [-0.05, 0) is 36.4 Å². The number of ether oxygens (including phenoxy) is 1. The Morgan fingerprint density at radius 1 is 1.23 bits per heavy atom. The Morgan fingerprint density at radius 2 is 2.07 bits per heavy atom. The maximum Gasteiger partial charge on any atom is 0.322 e. The molecule has 2 aromatic heterocycles. The minimum absolute atomic E-state index is 0.0973. The highest BCUT2D eigenvalue weighted by Gasteiger charge is 2.38. The highest BCUT2D eigenvalue weighted by atomic mass is 32.2. The number of hydrogen-bond donors (Lipinski definition) is 1. The van der Waals surface area contributed by atoms with Gasteiger partial charge in [0.15, 0.2) is 0 Å². The van der Waals surface area contributed by atoms with Gasteiger partial charge < -0.3 is 9.15 Å². The number of amides is 1. The normalized spacial score (nSPS) is 17.6. The Bertz CT molecular complexity index is 1130. The fraction of sp³-hybridized carbons (Fsp3) is 0.316. The standard InChI is InChI=1S/C19H20N4O5S2/c1-27-15-9-3-2-7-13(15)18-21-22-19(28-18)20-17(24)14-8-4-5-11-23(14)30(25,26)16-10-6-12-29-16/h2-3,6-7,9-10,12,14H,4-5,8,11H2,1H3,(H,20,22,24)/t14-/m0/s1. The van der Waals surface area contributed by atoms with Gasteiger partial charge in [-0.25, -0.2) is 8.42 Å². The maximum atomic E-state index is 13.0. The minimum Gasteiger partial charge on any atom is -0.496 e. The Kier molecular flexibility index (Phi) is 5.84. The van der Waals surface area contributed by atoms with Crippen molar-refractivity contribution in [2.75, 3.05) is 19.0 Å². The molecule has 30 heavy (non-hydrogen) atoms. The van der Waals surface area contributed by atoms with Crippen LogP contribution in [0.15, 0.2) is 50.4 Å². The number of benzene rings is 1. The van der Waals surface area contributed by atoms with Crippen molar-refractivity contribution in [1.29, 1.82) is 0 Å². The Labute approximate surface area is 177 Å². The first-order valence-corrected chi connectivity index (χ1v) is 11.7. The number of carbonyl (C=O) groups is 1. The van der Waals surface area contributed by atoms with E-state index in [-0.39, 0.29) is 22.7 Å². The second kappa shape index (κ2) is 8.54. The molecule has 1 aromatic carbocycles. The molecular formula is C19H20N4O5S2. The first-order chi connectivity index (χ1) is 14.5. The van der Waals surface area contributed by atoms with Crippen molar-refractivity contribution in [2.24, 2.45) is 0 Å². The van der Waals surface area contributed by atoms with Gasteiger partial charge in [0.05, 0.1) is 12.7 Å². The van der Waals surface area contributed by atoms with Gasteiger partial charge in [0.2, 0.25) is 5.91 Å². The van der Waals surface area contributed by atoms with Gasteiger partial charge >= 0.3 is 6.01 Å². The van der Waals surface area contributed by atoms with Crippen LogP contribution in [0.3, 0.4) is 0 Å². The SMILES string of the molecule is COc1ccccc1-c1nnc(NC(=O)[C@@H]2CCCCN2S(=O)(=O)c2cccs2)o1. The summed E-state index contributed by atoms with van der Waals surface area (Å²) in [5.41, 5.74) is 0.590. The molecule has 1 aliphatic heterocycles. The number of thiophene rings is 1. The highest BCUT2D eigenvalue weighted by Crippen LogP contribution is 2.31. The second-order valence-corrected chi connectivity index (χ2v) is 9.73. The molecule has 1 fully saturated rings. The molecule has 4 rings (SSSR count). The molecular weight excluding hydrogens is 428 g/mol. The average Bonchev–Trinajstić information content (AvgIpc) is 3.46. The topological polar surface area (TPSA) is 115 Å². The molecule has 0 spiro atoms. The monoisotopic (exact) mass is 448 g/mol. The van der Waals surface area contributed by atoms with Crippen LogP contribution in [0.1, 0.15) is 19.3 Å². The largest absolute Gasteiger partial charge is 0.496 e. The molecule has 1 N–H and O–H groups in total. The number of anilines is 1. The summed E-state index contributed by atoms with van der Waals surface area (Å²) in [6.45, 7) is 0.286. The van der Waals surface area contributed by atoms with E-state index in [9.17, 15) is 13.2 Å². The first-order valence-electron chi connectivity index (χ1n) is 9.34. The van der Waals surface area contributed by atoms with Gasteiger partial charge in [0.25, 0.3) is 15.9 Å². The third-order valence-corrected chi connectivity index (χ3v) is 8.09. The third kappa shape index (κ3) is 3.95. The number of sulfonamides is 1. The molecule has 1 saturated heterocycles. The van der Waals surface area contributed by atoms with Crippen molar-refractivity contribution in [3.8, 4) is 17.2 Å². The number of rotatable bonds is 6. The van der Waals surface area contributed by atoms with Crippen molar-refractivity contribution >= 4 is 33.3 Å². The second-order valence-electron chi connectivity index (χ2n) is 6.66. The van der Waals surface area contributed by atoms with E-state index in [4.69, 9.17) is 9.15 Å². The molecule has 1 aliphatic rings. The molecule has 0 aliphatic carbocycles. The van der Waals surface area contributed by atoms with E-state index in [1.54, 1.807) is 35.7 Å². The quantitative estimate of drug-likeness (QED) is 0.616. The molecule has 11 heteroatoms. The number of hydrogen-bond acceptors (Lipinski definition) is 8. The summed E-state index contributed by atoms with van der Waals surface area (Å²) in [6, 6.07) is 9.41. The minimum atomic E-state index is -3.74. The van der Waals surface area contributed by atoms with Crippen LogP contribution < -0.4 is 10.1 Å². The van der Waals surface area contributed by atoms with Gasteiger partial charge in [-0.15, -0.1) is 16.4 Å². The van der Waals surface area contributed by atoms with Gasteiger partial charge in [0.1, 0.15) is 16.0 Å². The van der Waals surface area contributed by atoms with Crippen LogP contribution in [0, 0.1) is 0 Å². The Morgan fingerprint density at radius 3 is 2.83 bits per heavy atom. The zero-order valence-electron chi connectivity index (χ0n) is 16.1. The molecule has 1 atom stereocenters. The first kappa shape index (κ1) is 20.5. The summed E-state index contributed by atoms with van der Waals surface area (Å²) < 4.78 is 38.3. The molecule has 0 bridgehead atoms. The van der Waals surface area contributed by atoms with Crippen molar-refractivity contribution in [3.05, 3.63) is 41.8 Å². The number of nitrogens with zero attached hydrogens (tertiary/aromatic N) is 3. The molecule has 1 amide bonds. The average molecular weight is 449 g/mol. The van der Waals surface area contributed by atoms with E-state index in [0.717, 1.165) is 17.8 Å². The smallest absolute Gasteiger partial charge is 0.322 e. The van der Waals surface area contributed by atoms with Crippen molar-refractivity contribution < 1.29 is 22.4 Å². The van der Waals surface area contributed by atoms with Crippen LogP contribution >= 0.6 is 11.3 Å². The summed E-state index contributed by atoms with van der Waals surface area (Å²) in [7, 11) is -2.21. The predicted molar refractivity (Wildman–Crippen MR) is 111 cm³/mol. The number of para-hydroxylation sites is 1. The lowest BCUT2D eigenvalue weighted by Crippen LogP contribution is -2.49. The summed E-state index contributed by atoms with van der Waals surface area (Å²) in [5.74, 6) is 0.249. The van der Waals surface area contributed by atoms with Crippen LogP contribution in [0.5, 0.6) is 5.75 Å². The van der Waals surface area contributed by atoms with Crippen LogP contribution in [0.25, 0.3) is 11.5 Å². The predicted octanol–water partition coefficient (Wildman–Crippen LogP) is 2.99. The van der Waals surface area contributed by atoms with E-state index in [0.29, 0.717) is 24.2 Å². The summed E-state index contributed by atoms with van der Waals surface area (Å²) in [5, 5.41) is 12.1. The van der Waals surface area contributed by atoms with Crippen LogP contribution in [0.2, 0.25) is 0 Å².